The van der Waals surface area contributed by atoms with E-state index in [-0.39, 0.29) is 23.4 Å². The lowest BCUT2D eigenvalue weighted by Gasteiger charge is -2.60. The molecule has 0 aromatic carbocycles. The number of nitrogens with one attached hydrogen (secondary N) is 1. The van der Waals surface area contributed by atoms with Crippen molar-refractivity contribution in [1.82, 2.24) is 5.48 Å². The topological polar surface area (TPSA) is 84.6 Å². The Bertz CT molecular complexity index is 621. The van der Waals surface area contributed by atoms with Gasteiger partial charge in [-0.3, -0.25) is 15.1 Å². The zero-order valence-corrected chi connectivity index (χ0v) is 16.9. The number of carbonyl (C=O) groups is 1. The van der Waals surface area contributed by atoms with Gasteiger partial charge >= 0.3 is 0 Å². The van der Waals surface area contributed by atoms with Gasteiger partial charge in [-0.15, -0.1) is 0 Å². The van der Waals surface area contributed by atoms with Crippen molar-refractivity contribution in [1.29, 1.82) is 0 Å². The highest BCUT2D eigenvalue weighted by Crippen LogP contribution is 2.66. The van der Waals surface area contributed by atoms with E-state index >= 15 is 0 Å². The second kappa shape index (κ2) is 7.16. The van der Waals surface area contributed by atoms with Crippen molar-refractivity contribution < 1.29 is 14.7 Å². The van der Waals surface area contributed by atoms with E-state index in [4.69, 9.17) is 10.6 Å². The Morgan fingerprint density at radius 3 is 2.81 bits per heavy atom. The summed E-state index contributed by atoms with van der Waals surface area (Å²) in [6, 6.07) is 0. The molecule has 4 N–H and O–H groups in total. The van der Waals surface area contributed by atoms with E-state index in [1.165, 1.54) is 0 Å². The number of nitrogens with two attached hydrogens (primary N) is 1. The fourth-order valence-corrected chi connectivity index (χ4v) is 7.35. The van der Waals surface area contributed by atoms with Gasteiger partial charge in [0.15, 0.2) is 0 Å². The van der Waals surface area contributed by atoms with Crippen molar-refractivity contribution in [2.45, 2.75) is 58.8 Å². The number of carbonyl (C=O) groups excluding carboxylic acids is 1. The maximum atomic E-state index is 12.6. The van der Waals surface area contributed by atoms with Gasteiger partial charge in [-0.1, -0.05) is 19.9 Å². The maximum absolute atomic E-state index is 12.6. The van der Waals surface area contributed by atoms with Gasteiger partial charge in [-0.2, -0.15) is 0 Å². The molecule has 0 bridgehead atoms. The highest BCUT2D eigenvalue weighted by Gasteiger charge is 2.61. The first kappa shape index (κ1) is 19.4. The number of hydrogen-bond acceptors (Lipinski definition) is 5. The molecule has 0 aliphatic heterocycles. The number of aliphatic hydroxyl groups is 1. The number of rotatable bonds is 5. The summed E-state index contributed by atoms with van der Waals surface area (Å²) in [7, 11) is 0. The number of hydrogen-bond donors (Lipinski definition) is 3. The van der Waals surface area contributed by atoms with E-state index in [2.05, 4.69) is 25.4 Å². The van der Waals surface area contributed by atoms with Gasteiger partial charge in [-0.05, 0) is 73.5 Å². The lowest BCUT2D eigenvalue weighted by molar-refractivity contribution is -0.141. The van der Waals surface area contributed by atoms with E-state index in [0.717, 1.165) is 50.6 Å². The molecule has 0 saturated heterocycles. The van der Waals surface area contributed by atoms with Crippen molar-refractivity contribution >= 4 is 5.78 Å². The van der Waals surface area contributed by atoms with E-state index < -0.39 is 0 Å². The fourth-order valence-electron chi connectivity index (χ4n) is 7.35. The van der Waals surface area contributed by atoms with Crippen molar-refractivity contribution in [2.24, 2.45) is 46.2 Å². The first-order valence-electron chi connectivity index (χ1n) is 10.9. The molecule has 0 amide bonds. The maximum Gasteiger partial charge on any atom is 0.139 e. The number of Topliss-reactive ketones (excluding diaryl/α,β-unsaturated/α-hetero) is 1. The average Bonchev–Trinajstić information content (AvgIpc) is 2.96. The molecule has 0 heterocycles. The molecule has 0 radical (unpaired) electrons. The van der Waals surface area contributed by atoms with Crippen LogP contribution in [-0.2, 0) is 9.63 Å². The molecule has 4 aliphatic rings. The van der Waals surface area contributed by atoms with Crippen LogP contribution in [0.15, 0.2) is 11.8 Å². The molecular weight excluding hydrogens is 340 g/mol. The van der Waals surface area contributed by atoms with Crippen molar-refractivity contribution in [3.8, 4) is 0 Å². The monoisotopic (exact) mass is 376 g/mol. The minimum absolute atomic E-state index is 0.0995. The third-order valence-corrected chi connectivity index (χ3v) is 8.81. The van der Waals surface area contributed by atoms with Gasteiger partial charge < -0.3 is 10.8 Å². The zero-order valence-electron chi connectivity index (χ0n) is 16.9. The summed E-state index contributed by atoms with van der Waals surface area (Å²) in [5, 5.41) is 10.2. The van der Waals surface area contributed by atoms with E-state index in [0.29, 0.717) is 42.6 Å². The number of allylic oxidation sites excluding steroid dienone is 2. The Hall–Kier alpha value is -0.910. The van der Waals surface area contributed by atoms with Crippen LogP contribution < -0.4 is 11.2 Å². The third kappa shape index (κ3) is 2.97. The fraction of sp³-hybridized carbons (Fsp3) is 0.864. The lowest BCUT2D eigenvalue weighted by Crippen LogP contribution is -2.55. The highest BCUT2D eigenvalue weighted by molar-refractivity contribution is 5.87. The van der Waals surface area contributed by atoms with Crippen molar-refractivity contribution in [3.05, 3.63) is 11.8 Å². The van der Waals surface area contributed by atoms with E-state index in [1.54, 1.807) is 0 Å². The Balaban J connectivity index is 1.60. The Labute approximate surface area is 163 Å². The molecule has 4 rings (SSSR count). The summed E-state index contributed by atoms with van der Waals surface area (Å²) in [4.78, 5) is 18.0. The Morgan fingerprint density at radius 1 is 1.26 bits per heavy atom. The smallest absolute Gasteiger partial charge is 0.139 e. The molecule has 152 valence electrons. The number of ketones is 1. The molecule has 3 saturated carbocycles. The first-order chi connectivity index (χ1) is 12.9. The van der Waals surface area contributed by atoms with Crippen LogP contribution in [0.3, 0.4) is 0 Å². The minimum Gasteiger partial charge on any atom is -0.396 e. The molecule has 0 aromatic rings. The largest absolute Gasteiger partial charge is 0.396 e. The minimum atomic E-state index is -0.0995. The lowest BCUT2D eigenvalue weighted by atomic mass is 9.44. The normalized spacial score (nSPS) is 46.3. The molecule has 0 spiro atoms. The van der Waals surface area contributed by atoms with Gasteiger partial charge in [-0.25, -0.2) is 0 Å². The quantitative estimate of drug-likeness (QED) is 0.507. The highest BCUT2D eigenvalue weighted by atomic mass is 16.6. The van der Waals surface area contributed by atoms with Crippen LogP contribution >= 0.6 is 0 Å². The zero-order chi connectivity index (χ0) is 19.2. The van der Waals surface area contributed by atoms with E-state index in [9.17, 15) is 9.90 Å². The molecule has 5 heteroatoms. The second-order valence-corrected chi connectivity index (χ2v) is 9.94. The SMILES string of the molecule is C[C@]12CCC(NOCCN)=CC1[C@@H](CO)C[C@@H]1[C@@H]2CC[C@]2(C)C(=O)CC[C@@H]12. The van der Waals surface area contributed by atoms with Crippen LogP contribution in [0.5, 0.6) is 0 Å². The van der Waals surface area contributed by atoms with Crippen LogP contribution in [0.4, 0.5) is 0 Å². The summed E-state index contributed by atoms with van der Waals surface area (Å²) in [6.07, 6.45) is 9.54. The molecule has 4 aliphatic carbocycles. The summed E-state index contributed by atoms with van der Waals surface area (Å²) >= 11 is 0. The molecular formula is C22H36N2O3. The van der Waals surface area contributed by atoms with Crippen LogP contribution in [0, 0.1) is 40.4 Å². The molecule has 0 aromatic heterocycles. The number of hydroxylamine groups is 1. The summed E-state index contributed by atoms with van der Waals surface area (Å²) in [5.41, 5.74) is 9.85. The molecule has 27 heavy (non-hydrogen) atoms. The van der Waals surface area contributed by atoms with Crippen LogP contribution in [-0.4, -0.2) is 30.6 Å². The van der Waals surface area contributed by atoms with Crippen molar-refractivity contribution in [3.63, 3.8) is 0 Å². The first-order valence-corrected chi connectivity index (χ1v) is 10.9. The van der Waals surface area contributed by atoms with E-state index in [1.807, 2.05) is 0 Å². The van der Waals surface area contributed by atoms with Gasteiger partial charge in [0.1, 0.15) is 5.78 Å². The van der Waals surface area contributed by atoms with Gasteiger partial charge in [0, 0.05) is 30.7 Å². The third-order valence-electron chi connectivity index (χ3n) is 8.81. The summed E-state index contributed by atoms with van der Waals surface area (Å²) in [5.74, 6) is 2.92. The average molecular weight is 377 g/mol. The molecule has 5 nitrogen and oxygen atoms in total. The molecule has 1 unspecified atom stereocenters. The summed E-state index contributed by atoms with van der Waals surface area (Å²) < 4.78 is 0. The van der Waals surface area contributed by atoms with Gasteiger partial charge in [0.2, 0.25) is 0 Å². The number of aliphatic hydroxyl groups excluding tert-OH is 1. The van der Waals surface area contributed by atoms with Crippen LogP contribution in [0.2, 0.25) is 0 Å². The van der Waals surface area contributed by atoms with Gasteiger partial charge in [0.25, 0.3) is 0 Å². The second-order valence-electron chi connectivity index (χ2n) is 9.94. The predicted octanol–water partition coefficient (Wildman–Crippen LogP) is 2.79. The molecule has 7 atom stereocenters. The van der Waals surface area contributed by atoms with Crippen LogP contribution in [0.1, 0.15) is 58.8 Å². The Morgan fingerprint density at radius 2 is 2.07 bits per heavy atom. The molecule has 3 fully saturated rings. The summed E-state index contributed by atoms with van der Waals surface area (Å²) in [6.45, 7) is 5.91. The standard InChI is InChI=1S/C22H36N2O3/c1-21-7-5-15(24-27-10-9-23)12-19(21)14(13-25)11-16-17-3-4-20(26)22(17,2)8-6-18(16)21/h12,14,16-19,24-25H,3-11,13,23H2,1-2H3/t14-,16+,17+,18+,19?,21-,22+/m1/s1. The Kier molecular flexibility index (Phi) is 5.15. The van der Waals surface area contributed by atoms with Crippen LogP contribution in [0.25, 0.3) is 0 Å². The number of fused-ring (bicyclic) bond motifs is 5. The van der Waals surface area contributed by atoms with Crippen molar-refractivity contribution in [2.75, 3.05) is 19.8 Å². The predicted molar refractivity (Wildman–Crippen MR) is 104 cm³/mol. The van der Waals surface area contributed by atoms with Gasteiger partial charge in [0.05, 0.1) is 6.61 Å².